The van der Waals surface area contributed by atoms with E-state index in [0.29, 0.717) is 5.84 Å². The van der Waals surface area contributed by atoms with Crippen molar-refractivity contribution < 1.29 is 9.53 Å². The van der Waals surface area contributed by atoms with E-state index in [-0.39, 0.29) is 5.91 Å². The van der Waals surface area contributed by atoms with Crippen molar-refractivity contribution in [1.29, 1.82) is 0 Å². The molecule has 1 aromatic rings. The van der Waals surface area contributed by atoms with E-state index in [9.17, 15) is 4.79 Å². The van der Waals surface area contributed by atoms with Crippen LogP contribution in [0.3, 0.4) is 0 Å². The molecule has 1 aromatic carbocycles. The zero-order chi connectivity index (χ0) is 13.3. The van der Waals surface area contributed by atoms with Crippen molar-refractivity contribution in [3.63, 3.8) is 0 Å². The number of benzene rings is 1. The normalized spacial score (nSPS) is 21.1. The number of amidine groups is 1. The maximum atomic E-state index is 12.2. The molecule has 5 nitrogen and oxygen atoms in total. The first-order valence-corrected chi connectivity index (χ1v) is 6.50. The summed E-state index contributed by atoms with van der Waals surface area (Å²) in [6.45, 7) is 1.67. The summed E-state index contributed by atoms with van der Waals surface area (Å²) in [7, 11) is 1.63. The molecular weight excluding hydrogens is 242 g/mol. The maximum Gasteiger partial charge on any atom is 0.253 e. The van der Waals surface area contributed by atoms with Gasteiger partial charge in [0.2, 0.25) is 0 Å². The van der Waals surface area contributed by atoms with E-state index >= 15 is 0 Å². The standard InChI is InChI=1S/C14H17N3O2/c1-19-11-4-2-3-10(9-11)12-16-13(18)14(17-12)5-7-15-8-6-14/h2-4,9,15H,5-8H2,1H3,(H,16,17,18). The van der Waals surface area contributed by atoms with Crippen molar-refractivity contribution >= 4 is 11.7 Å². The van der Waals surface area contributed by atoms with E-state index in [1.54, 1.807) is 7.11 Å². The van der Waals surface area contributed by atoms with Crippen LogP contribution in [0.2, 0.25) is 0 Å². The Morgan fingerprint density at radius 3 is 2.84 bits per heavy atom. The second-order valence-corrected chi connectivity index (χ2v) is 4.93. The molecule has 5 heteroatoms. The number of nitrogens with zero attached hydrogens (tertiary/aromatic N) is 1. The molecule has 3 rings (SSSR count). The summed E-state index contributed by atoms with van der Waals surface area (Å²) < 4.78 is 5.20. The first kappa shape index (κ1) is 12.2. The average Bonchev–Trinajstić information content (AvgIpc) is 2.77. The molecule has 19 heavy (non-hydrogen) atoms. The molecule has 1 amide bonds. The molecule has 0 bridgehead atoms. The van der Waals surface area contributed by atoms with Gasteiger partial charge < -0.3 is 15.4 Å². The van der Waals surface area contributed by atoms with Crippen LogP contribution in [0.15, 0.2) is 29.3 Å². The summed E-state index contributed by atoms with van der Waals surface area (Å²) in [5.74, 6) is 1.44. The summed E-state index contributed by atoms with van der Waals surface area (Å²) in [6.07, 6.45) is 1.51. The van der Waals surface area contributed by atoms with Crippen LogP contribution in [0.5, 0.6) is 5.75 Å². The lowest BCUT2D eigenvalue weighted by Gasteiger charge is -2.28. The molecule has 0 radical (unpaired) electrons. The summed E-state index contributed by atoms with van der Waals surface area (Å²) >= 11 is 0. The number of carbonyl (C=O) groups excluding carboxylic acids is 1. The molecule has 2 aliphatic rings. The number of rotatable bonds is 2. The van der Waals surface area contributed by atoms with Gasteiger partial charge in [-0.15, -0.1) is 0 Å². The lowest BCUT2D eigenvalue weighted by molar-refractivity contribution is -0.124. The highest BCUT2D eigenvalue weighted by molar-refractivity contribution is 6.15. The Hall–Kier alpha value is -1.88. The number of amides is 1. The van der Waals surface area contributed by atoms with Crippen molar-refractivity contribution in [2.45, 2.75) is 18.4 Å². The molecule has 0 atom stereocenters. The molecule has 0 unspecified atom stereocenters. The Kier molecular flexibility index (Phi) is 2.98. The number of hydrogen-bond donors (Lipinski definition) is 2. The molecule has 2 heterocycles. The van der Waals surface area contributed by atoms with Gasteiger partial charge in [0.25, 0.3) is 5.91 Å². The van der Waals surface area contributed by atoms with Crippen molar-refractivity contribution in [3.05, 3.63) is 29.8 Å². The quantitative estimate of drug-likeness (QED) is 0.821. The minimum Gasteiger partial charge on any atom is -0.497 e. The fourth-order valence-corrected chi connectivity index (χ4v) is 2.60. The van der Waals surface area contributed by atoms with Crippen LogP contribution in [-0.2, 0) is 4.79 Å². The zero-order valence-electron chi connectivity index (χ0n) is 10.9. The highest BCUT2D eigenvalue weighted by atomic mass is 16.5. The van der Waals surface area contributed by atoms with Crippen LogP contribution in [0, 0.1) is 0 Å². The topological polar surface area (TPSA) is 62.7 Å². The van der Waals surface area contributed by atoms with E-state index in [4.69, 9.17) is 4.74 Å². The third kappa shape index (κ3) is 2.10. The lowest BCUT2D eigenvalue weighted by atomic mass is 9.89. The SMILES string of the molecule is COc1cccc(C2=NC3(CCNCC3)C(=O)N2)c1. The fourth-order valence-electron chi connectivity index (χ4n) is 2.60. The van der Waals surface area contributed by atoms with Crippen LogP contribution in [0.4, 0.5) is 0 Å². The lowest BCUT2D eigenvalue weighted by Crippen LogP contribution is -2.47. The Morgan fingerprint density at radius 2 is 2.11 bits per heavy atom. The molecule has 1 spiro atoms. The summed E-state index contributed by atoms with van der Waals surface area (Å²) in [6, 6.07) is 7.60. The maximum absolute atomic E-state index is 12.2. The summed E-state index contributed by atoms with van der Waals surface area (Å²) in [4.78, 5) is 16.9. The molecule has 2 N–H and O–H groups in total. The van der Waals surface area contributed by atoms with Crippen LogP contribution < -0.4 is 15.4 Å². The number of carbonyl (C=O) groups is 1. The Morgan fingerprint density at radius 1 is 1.32 bits per heavy atom. The smallest absolute Gasteiger partial charge is 0.253 e. The van der Waals surface area contributed by atoms with Gasteiger partial charge in [0.15, 0.2) is 0 Å². The molecule has 0 aromatic heterocycles. The van der Waals surface area contributed by atoms with Crippen molar-refractivity contribution in [2.75, 3.05) is 20.2 Å². The summed E-state index contributed by atoms with van der Waals surface area (Å²) in [5.41, 5.74) is 0.326. The number of ether oxygens (including phenoxy) is 1. The molecule has 2 aliphatic heterocycles. The fraction of sp³-hybridized carbons (Fsp3) is 0.429. The van der Waals surface area contributed by atoms with E-state index < -0.39 is 5.54 Å². The van der Waals surface area contributed by atoms with E-state index in [2.05, 4.69) is 15.6 Å². The molecule has 1 saturated heterocycles. The molecule has 1 fully saturated rings. The Labute approximate surface area is 112 Å². The number of nitrogens with one attached hydrogen (secondary N) is 2. The largest absolute Gasteiger partial charge is 0.497 e. The van der Waals surface area contributed by atoms with Crippen LogP contribution in [0.1, 0.15) is 18.4 Å². The third-order valence-electron chi connectivity index (χ3n) is 3.75. The average molecular weight is 259 g/mol. The Bertz CT molecular complexity index is 533. The van der Waals surface area contributed by atoms with Gasteiger partial charge in [0.05, 0.1) is 7.11 Å². The molecular formula is C14H17N3O2. The zero-order valence-corrected chi connectivity index (χ0v) is 10.9. The molecule has 100 valence electrons. The van der Waals surface area contributed by atoms with Crippen molar-refractivity contribution in [3.8, 4) is 5.75 Å². The first-order chi connectivity index (χ1) is 9.23. The predicted molar refractivity (Wildman–Crippen MR) is 72.5 cm³/mol. The second-order valence-electron chi connectivity index (χ2n) is 4.93. The number of aliphatic imine (C=N–C) groups is 1. The third-order valence-corrected chi connectivity index (χ3v) is 3.75. The van der Waals surface area contributed by atoms with Gasteiger partial charge >= 0.3 is 0 Å². The van der Waals surface area contributed by atoms with Gasteiger partial charge in [-0.3, -0.25) is 9.79 Å². The highest BCUT2D eigenvalue weighted by Crippen LogP contribution is 2.28. The predicted octanol–water partition coefficient (Wildman–Crippen LogP) is 0.694. The van der Waals surface area contributed by atoms with E-state index in [1.807, 2.05) is 24.3 Å². The van der Waals surface area contributed by atoms with E-state index in [0.717, 1.165) is 37.2 Å². The van der Waals surface area contributed by atoms with Crippen LogP contribution >= 0.6 is 0 Å². The molecule has 0 aliphatic carbocycles. The van der Waals surface area contributed by atoms with Gasteiger partial charge in [-0.05, 0) is 38.1 Å². The second kappa shape index (κ2) is 4.66. The monoisotopic (exact) mass is 259 g/mol. The van der Waals surface area contributed by atoms with Crippen molar-refractivity contribution in [2.24, 2.45) is 4.99 Å². The van der Waals surface area contributed by atoms with Gasteiger partial charge in [0.1, 0.15) is 17.1 Å². The van der Waals surface area contributed by atoms with Gasteiger partial charge in [-0.2, -0.15) is 0 Å². The number of piperidine rings is 1. The summed E-state index contributed by atoms with van der Waals surface area (Å²) in [5, 5.41) is 6.17. The highest BCUT2D eigenvalue weighted by Gasteiger charge is 2.44. The first-order valence-electron chi connectivity index (χ1n) is 6.50. The van der Waals surface area contributed by atoms with E-state index in [1.165, 1.54) is 0 Å². The van der Waals surface area contributed by atoms with Gasteiger partial charge in [-0.25, -0.2) is 0 Å². The molecule has 0 saturated carbocycles. The van der Waals surface area contributed by atoms with Gasteiger partial charge in [0, 0.05) is 5.56 Å². The van der Waals surface area contributed by atoms with Crippen LogP contribution in [0.25, 0.3) is 0 Å². The van der Waals surface area contributed by atoms with Gasteiger partial charge in [-0.1, -0.05) is 12.1 Å². The number of hydrogen-bond acceptors (Lipinski definition) is 4. The minimum absolute atomic E-state index is 0.0202. The minimum atomic E-state index is -0.566. The van der Waals surface area contributed by atoms with Crippen LogP contribution in [-0.4, -0.2) is 37.5 Å². The van der Waals surface area contributed by atoms with Crippen molar-refractivity contribution in [1.82, 2.24) is 10.6 Å². The number of methoxy groups -OCH3 is 1. The Balaban J connectivity index is 1.93.